The lowest BCUT2D eigenvalue weighted by Gasteiger charge is -2.30. The minimum atomic E-state index is -0.947. The molecule has 14 heavy (non-hydrogen) atoms. The number of halogens is 3. The summed E-state index contributed by atoms with van der Waals surface area (Å²) in [4.78, 5) is 11.5. The third-order valence-corrected chi connectivity index (χ3v) is 3.17. The van der Waals surface area contributed by atoms with Crippen molar-refractivity contribution in [1.82, 2.24) is 5.32 Å². The van der Waals surface area contributed by atoms with E-state index in [0.29, 0.717) is 5.92 Å². The Morgan fingerprint density at radius 2 is 2.14 bits per heavy atom. The summed E-state index contributed by atoms with van der Waals surface area (Å²) in [7, 11) is 0. The van der Waals surface area contributed by atoms with Crippen molar-refractivity contribution < 1.29 is 9.53 Å². The van der Waals surface area contributed by atoms with Crippen LogP contribution in [0, 0.1) is 5.92 Å². The average Bonchev–Trinajstić information content (AvgIpc) is 2.07. The van der Waals surface area contributed by atoms with Crippen LogP contribution in [0.25, 0.3) is 0 Å². The van der Waals surface area contributed by atoms with Gasteiger partial charge in [-0.1, -0.05) is 6.92 Å². The minimum absolute atomic E-state index is 0.00998. The second-order valence-electron chi connectivity index (χ2n) is 3.41. The van der Waals surface area contributed by atoms with Crippen molar-refractivity contribution in [3.63, 3.8) is 0 Å². The number of ether oxygens (including phenoxy) is 1. The van der Waals surface area contributed by atoms with Crippen LogP contribution in [0.2, 0.25) is 0 Å². The SMILES string of the molecule is CC1CNCCC1OC(=O)C(Br)(Br)Br. The van der Waals surface area contributed by atoms with Gasteiger partial charge in [0.2, 0.25) is 2.14 Å². The topological polar surface area (TPSA) is 38.3 Å². The molecule has 1 aliphatic rings. The van der Waals surface area contributed by atoms with Gasteiger partial charge in [-0.15, -0.1) is 0 Å². The average molecular weight is 394 g/mol. The highest BCUT2D eigenvalue weighted by Gasteiger charge is 2.34. The van der Waals surface area contributed by atoms with E-state index in [-0.39, 0.29) is 12.1 Å². The molecular weight excluding hydrogens is 382 g/mol. The van der Waals surface area contributed by atoms with Gasteiger partial charge in [0.25, 0.3) is 0 Å². The molecule has 0 spiro atoms. The van der Waals surface area contributed by atoms with Crippen molar-refractivity contribution in [2.75, 3.05) is 13.1 Å². The van der Waals surface area contributed by atoms with Crippen molar-refractivity contribution in [2.24, 2.45) is 5.92 Å². The fourth-order valence-corrected chi connectivity index (χ4v) is 1.65. The summed E-state index contributed by atoms with van der Waals surface area (Å²) >= 11 is 9.40. The molecule has 1 heterocycles. The Balaban J connectivity index is 2.46. The van der Waals surface area contributed by atoms with Crippen LogP contribution < -0.4 is 5.32 Å². The van der Waals surface area contributed by atoms with E-state index in [1.807, 2.05) is 0 Å². The van der Waals surface area contributed by atoms with E-state index < -0.39 is 2.14 Å². The van der Waals surface area contributed by atoms with Gasteiger partial charge in [-0.05, 0) is 60.8 Å². The van der Waals surface area contributed by atoms with E-state index in [4.69, 9.17) is 4.74 Å². The maximum absolute atomic E-state index is 11.5. The van der Waals surface area contributed by atoms with Gasteiger partial charge >= 0.3 is 5.97 Å². The number of rotatable bonds is 1. The third kappa shape index (κ3) is 3.79. The summed E-state index contributed by atoms with van der Waals surface area (Å²) in [6.45, 7) is 3.88. The Morgan fingerprint density at radius 1 is 1.50 bits per heavy atom. The second-order valence-corrected chi connectivity index (χ2v) is 10.2. The van der Waals surface area contributed by atoms with Crippen LogP contribution in [0.4, 0.5) is 0 Å². The lowest BCUT2D eigenvalue weighted by atomic mass is 9.98. The summed E-state index contributed by atoms with van der Waals surface area (Å²) < 4.78 is 4.40. The molecule has 1 saturated heterocycles. The quantitative estimate of drug-likeness (QED) is 0.549. The number of hydrogen-bond donors (Lipinski definition) is 1. The van der Waals surface area contributed by atoms with Gasteiger partial charge in [-0.3, -0.25) is 0 Å². The molecule has 0 radical (unpaired) electrons. The lowest BCUT2D eigenvalue weighted by Crippen LogP contribution is -2.42. The van der Waals surface area contributed by atoms with Gasteiger partial charge in [0.1, 0.15) is 6.10 Å². The highest BCUT2D eigenvalue weighted by Crippen LogP contribution is 2.35. The molecule has 1 N–H and O–H groups in total. The molecule has 2 atom stereocenters. The zero-order valence-electron chi connectivity index (χ0n) is 7.73. The first-order valence-electron chi connectivity index (χ1n) is 4.40. The van der Waals surface area contributed by atoms with E-state index in [9.17, 15) is 4.79 Å². The summed E-state index contributed by atoms with van der Waals surface area (Å²) in [6.07, 6.45) is 0.881. The van der Waals surface area contributed by atoms with Gasteiger partial charge in [0, 0.05) is 12.5 Å². The standard InChI is InChI=1S/C8H12Br3NO2/c1-5-4-12-3-2-6(5)14-7(13)8(9,10)11/h5-6,12H,2-4H2,1H3. The fraction of sp³-hybridized carbons (Fsp3) is 0.875. The second kappa shape index (κ2) is 5.27. The fourth-order valence-electron chi connectivity index (χ4n) is 1.37. The van der Waals surface area contributed by atoms with E-state index >= 15 is 0 Å². The number of piperidine rings is 1. The smallest absolute Gasteiger partial charge is 0.345 e. The van der Waals surface area contributed by atoms with Gasteiger partial charge in [0.05, 0.1) is 0 Å². The first kappa shape index (κ1) is 12.9. The first-order chi connectivity index (χ1) is 6.41. The maximum Gasteiger partial charge on any atom is 0.345 e. The van der Waals surface area contributed by atoms with Crippen molar-refractivity contribution in [3.05, 3.63) is 0 Å². The van der Waals surface area contributed by atoms with Crippen LogP contribution in [-0.4, -0.2) is 27.3 Å². The van der Waals surface area contributed by atoms with Crippen molar-refractivity contribution >= 4 is 53.8 Å². The number of carbonyl (C=O) groups excluding carboxylic acids is 1. The van der Waals surface area contributed by atoms with Crippen molar-refractivity contribution in [3.8, 4) is 0 Å². The van der Waals surface area contributed by atoms with E-state index in [0.717, 1.165) is 19.5 Å². The molecule has 6 heteroatoms. The van der Waals surface area contributed by atoms with Crippen LogP contribution >= 0.6 is 47.8 Å². The van der Waals surface area contributed by atoms with E-state index in [1.54, 1.807) is 0 Å². The molecule has 1 fully saturated rings. The molecule has 2 unspecified atom stereocenters. The van der Waals surface area contributed by atoms with Crippen molar-refractivity contribution in [1.29, 1.82) is 0 Å². The highest BCUT2D eigenvalue weighted by atomic mass is 80.0. The zero-order chi connectivity index (χ0) is 10.8. The van der Waals surface area contributed by atoms with Crippen LogP contribution in [0.1, 0.15) is 13.3 Å². The van der Waals surface area contributed by atoms with Gasteiger partial charge in [-0.2, -0.15) is 0 Å². The Bertz CT molecular complexity index is 217. The van der Waals surface area contributed by atoms with E-state index in [1.165, 1.54) is 0 Å². The highest BCUT2D eigenvalue weighted by molar-refractivity contribution is 9.40. The van der Waals surface area contributed by atoms with Gasteiger partial charge in [-0.25, -0.2) is 4.79 Å². The van der Waals surface area contributed by atoms with Crippen LogP contribution in [-0.2, 0) is 9.53 Å². The Labute approximate surface area is 109 Å². The molecule has 0 bridgehead atoms. The number of carbonyl (C=O) groups is 1. The Morgan fingerprint density at radius 3 is 2.64 bits per heavy atom. The summed E-state index contributed by atoms with van der Waals surface area (Å²) in [5, 5.41) is 3.25. The normalized spacial score (nSPS) is 28.6. The first-order valence-corrected chi connectivity index (χ1v) is 6.77. The monoisotopic (exact) mass is 391 g/mol. The number of alkyl halides is 3. The molecule has 0 saturated carbocycles. The van der Waals surface area contributed by atoms with Crippen LogP contribution in [0.5, 0.6) is 0 Å². The molecule has 1 aliphatic heterocycles. The van der Waals surface area contributed by atoms with Gasteiger partial charge in [0.15, 0.2) is 0 Å². The lowest BCUT2D eigenvalue weighted by molar-refractivity contribution is -0.150. The van der Waals surface area contributed by atoms with Crippen LogP contribution in [0.15, 0.2) is 0 Å². The van der Waals surface area contributed by atoms with E-state index in [2.05, 4.69) is 60.0 Å². The molecular formula is C8H12Br3NO2. The molecule has 0 aliphatic carbocycles. The van der Waals surface area contributed by atoms with Crippen molar-refractivity contribution in [2.45, 2.75) is 21.6 Å². The third-order valence-electron chi connectivity index (χ3n) is 2.20. The molecule has 0 aromatic carbocycles. The minimum Gasteiger partial charge on any atom is -0.460 e. The molecule has 0 aromatic heterocycles. The molecule has 1 rings (SSSR count). The molecule has 0 aromatic rings. The summed E-state index contributed by atoms with van der Waals surface area (Å²) in [6, 6.07) is 0. The van der Waals surface area contributed by atoms with Crippen LogP contribution in [0.3, 0.4) is 0 Å². The predicted molar refractivity (Wildman–Crippen MR) is 66.0 cm³/mol. The summed E-state index contributed by atoms with van der Waals surface area (Å²) in [5.41, 5.74) is 0. The maximum atomic E-state index is 11.5. The number of esters is 1. The molecule has 0 amide bonds. The molecule has 3 nitrogen and oxygen atoms in total. The number of nitrogens with one attached hydrogen (secondary N) is 1. The summed E-state index contributed by atoms with van der Waals surface area (Å²) in [5.74, 6) is 0.0267. The molecule has 82 valence electrons. The largest absolute Gasteiger partial charge is 0.460 e. The number of hydrogen-bond acceptors (Lipinski definition) is 3. The Kier molecular flexibility index (Phi) is 4.87. The predicted octanol–water partition coefficient (Wildman–Crippen LogP) is 2.37. The Hall–Kier alpha value is 0.870. The zero-order valence-corrected chi connectivity index (χ0v) is 12.5. The van der Waals surface area contributed by atoms with Gasteiger partial charge < -0.3 is 10.1 Å².